The van der Waals surface area contributed by atoms with Crippen LogP contribution in [0.1, 0.15) is 17.7 Å². The number of hydrogen-bond acceptors (Lipinski definition) is 4. The van der Waals surface area contributed by atoms with E-state index in [4.69, 9.17) is 0 Å². The molecule has 0 unspecified atom stereocenters. The monoisotopic (exact) mass is 341 g/mol. The van der Waals surface area contributed by atoms with Gasteiger partial charge in [-0.25, -0.2) is 4.79 Å². The maximum atomic E-state index is 12.0. The van der Waals surface area contributed by atoms with Crippen LogP contribution in [-0.2, 0) is 17.8 Å². The highest BCUT2D eigenvalue weighted by Crippen LogP contribution is 2.12. The lowest BCUT2D eigenvalue weighted by molar-refractivity contribution is -0.120. The summed E-state index contributed by atoms with van der Waals surface area (Å²) in [6, 6.07) is 7.94. The molecule has 8 nitrogen and oxygen atoms in total. The lowest BCUT2D eigenvalue weighted by atomic mass is 10.1. The Balaban J connectivity index is 1.52. The van der Waals surface area contributed by atoms with E-state index in [1.165, 1.54) is 0 Å². The molecule has 0 aliphatic heterocycles. The summed E-state index contributed by atoms with van der Waals surface area (Å²) >= 11 is 0. The van der Waals surface area contributed by atoms with E-state index in [0.717, 1.165) is 17.3 Å². The second-order valence-electron chi connectivity index (χ2n) is 5.82. The third kappa shape index (κ3) is 3.85. The molecule has 3 N–H and O–H groups in total. The first-order valence-corrected chi connectivity index (χ1v) is 8.04. The van der Waals surface area contributed by atoms with Gasteiger partial charge in [0.15, 0.2) is 0 Å². The number of rotatable bonds is 6. The summed E-state index contributed by atoms with van der Waals surface area (Å²) in [4.78, 5) is 39.5. The van der Waals surface area contributed by atoms with Gasteiger partial charge in [0, 0.05) is 29.7 Å². The number of fused-ring (bicyclic) bond motifs is 1. The molecular formula is C17H19N5O3. The number of nitrogens with one attached hydrogen (secondary N) is 3. The van der Waals surface area contributed by atoms with E-state index in [1.54, 1.807) is 6.92 Å². The van der Waals surface area contributed by atoms with Crippen molar-refractivity contribution in [2.75, 3.05) is 6.54 Å². The van der Waals surface area contributed by atoms with Crippen molar-refractivity contribution in [2.45, 2.75) is 26.3 Å². The minimum atomic E-state index is -0.571. The summed E-state index contributed by atoms with van der Waals surface area (Å²) in [5, 5.41) is 8.20. The topological polar surface area (TPSA) is 113 Å². The molecule has 0 aliphatic rings. The largest absolute Gasteiger partial charge is 0.356 e. The number of aromatic amines is 2. The van der Waals surface area contributed by atoms with Crippen LogP contribution >= 0.6 is 0 Å². The van der Waals surface area contributed by atoms with Crippen molar-refractivity contribution in [1.82, 2.24) is 25.1 Å². The van der Waals surface area contributed by atoms with E-state index in [-0.39, 0.29) is 17.9 Å². The molecule has 0 saturated heterocycles. The molecule has 0 bridgehead atoms. The van der Waals surface area contributed by atoms with E-state index < -0.39 is 11.2 Å². The molecule has 1 amide bonds. The van der Waals surface area contributed by atoms with E-state index in [0.29, 0.717) is 18.8 Å². The lowest BCUT2D eigenvalue weighted by Crippen LogP contribution is -2.33. The number of aryl methyl sites for hydroxylation is 2. The molecule has 3 aromatic rings. The quantitative estimate of drug-likeness (QED) is 0.566. The molecule has 3 rings (SSSR count). The number of carbonyl (C=O) groups excluding carboxylic acids is 1. The lowest BCUT2D eigenvalue weighted by Gasteiger charge is -2.07. The van der Waals surface area contributed by atoms with Gasteiger partial charge in [0.2, 0.25) is 5.91 Å². The SMILES string of the molecule is Cc1[nH]c(=O)[nH]c(=O)c1CC(=O)NCCCn1ncc2ccccc21. The van der Waals surface area contributed by atoms with Crippen LogP contribution in [0.25, 0.3) is 10.9 Å². The van der Waals surface area contributed by atoms with Crippen LogP contribution in [0.5, 0.6) is 0 Å². The van der Waals surface area contributed by atoms with Gasteiger partial charge in [-0.05, 0) is 19.4 Å². The van der Waals surface area contributed by atoms with Gasteiger partial charge in [-0.3, -0.25) is 19.3 Å². The molecule has 0 radical (unpaired) electrons. The summed E-state index contributed by atoms with van der Waals surface area (Å²) in [6.07, 6.45) is 2.47. The summed E-state index contributed by atoms with van der Waals surface area (Å²) in [6.45, 7) is 2.77. The number of para-hydroxylation sites is 1. The zero-order valence-electron chi connectivity index (χ0n) is 13.8. The molecule has 2 heterocycles. The Labute approximate surface area is 142 Å². The molecule has 130 valence electrons. The summed E-state index contributed by atoms with van der Waals surface area (Å²) < 4.78 is 1.90. The predicted molar refractivity (Wildman–Crippen MR) is 93.5 cm³/mol. The third-order valence-corrected chi connectivity index (χ3v) is 4.01. The standard InChI is InChI=1S/C17H19N5O3/c1-11-13(16(24)21-17(25)20-11)9-15(23)18-7-4-8-22-14-6-3-2-5-12(14)10-19-22/h2-3,5-6,10H,4,7-9H2,1H3,(H,18,23)(H2,20,21,24,25). The molecule has 0 aliphatic carbocycles. The average molecular weight is 341 g/mol. The molecule has 8 heteroatoms. The normalized spacial score (nSPS) is 10.9. The van der Waals surface area contributed by atoms with Crippen LogP contribution in [0.15, 0.2) is 40.1 Å². The first-order chi connectivity index (χ1) is 12.0. The number of benzene rings is 1. The molecule has 1 aromatic carbocycles. The number of hydrogen-bond donors (Lipinski definition) is 3. The minimum Gasteiger partial charge on any atom is -0.356 e. The number of nitrogens with zero attached hydrogens (tertiary/aromatic N) is 2. The van der Waals surface area contributed by atoms with Gasteiger partial charge >= 0.3 is 5.69 Å². The number of H-pyrrole nitrogens is 2. The molecule has 0 atom stereocenters. The second kappa shape index (κ2) is 7.16. The zero-order chi connectivity index (χ0) is 17.8. The van der Waals surface area contributed by atoms with Crippen LogP contribution < -0.4 is 16.6 Å². The molecule has 0 fully saturated rings. The molecule has 0 saturated carbocycles. The van der Waals surface area contributed by atoms with Gasteiger partial charge in [0.05, 0.1) is 18.1 Å². The Morgan fingerprint density at radius 2 is 2.04 bits per heavy atom. The van der Waals surface area contributed by atoms with Crippen molar-refractivity contribution in [1.29, 1.82) is 0 Å². The van der Waals surface area contributed by atoms with Gasteiger partial charge in [-0.15, -0.1) is 0 Å². The third-order valence-electron chi connectivity index (χ3n) is 4.01. The Morgan fingerprint density at radius 3 is 2.84 bits per heavy atom. The van der Waals surface area contributed by atoms with Crippen molar-refractivity contribution in [3.63, 3.8) is 0 Å². The number of carbonyl (C=O) groups is 1. The van der Waals surface area contributed by atoms with Crippen molar-refractivity contribution < 1.29 is 4.79 Å². The smallest absolute Gasteiger partial charge is 0.325 e. The van der Waals surface area contributed by atoms with Gasteiger partial charge in [0.1, 0.15) is 0 Å². The first-order valence-electron chi connectivity index (χ1n) is 8.04. The predicted octanol–water partition coefficient (Wildman–Crippen LogP) is 0.470. The van der Waals surface area contributed by atoms with Gasteiger partial charge < -0.3 is 10.3 Å². The first kappa shape index (κ1) is 16.7. The Morgan fingerprint density at radius 1 is 1.24 bits per heavy atom. The second-order valence-corrected chi connectivity index (χ2v) is 5.82. The zero-order valence-corrected chi connectivity index (χ0v) is 13.8. The molecule has 25 heavy (non-hydrogen) atoms. The highest BCUT2D eigenvalue weighted by Gasteiger charge is 2.11. The number of aromatic nitrogens is 4. The van der Waals surface area contributed by atoms with Gasteiger partial charge in [-0.1, -0.05) is 18.2 Å². The maximum Gasteiger partial charge on any atom is 0.325 e. The van der Waals surface area contributed by atoms with Crippen LogP contribution in [0, 0.1) is 6.92 Å². The minimum absolute atomic E-state index is 0.0668. The Bertz CT molecular complexity index is 1010. The van der Waals surface area contributed by atoms with Gasteiger partial charge in [-0.2, -0.15) is 5.10 Å². The fourth-order valence-electron chi connectivity index (χ4n) is 2.72. The number of amides is 1. The molecule has 2 aromatic heterocycles. The fraction of sp³-hybridized carbons (Fsp3) is 0.294. The van der Waals surface area contributed by atoms with Crippen LogP contribution in [0.2, 0.25) is 0 Å². The Hall–Kier alpha value is -3.16. The molecular weight excluding hydrogens is 322 g/mol. The van der Waals surface area contributed by atoms with E-state index in [9.17, 15) is 14.4 Å². The van der Waals surface area contributed by atoms with Crippen LogP contribution in [0.3, 0.4) is 0 Å². The molecule has 0 spiro atoms. The van der Waals surface area contributed by atoms with Crippen LogP contribution in [-0.4, -0.2) is 32.2 Å². The summed E-state index contributed by atoms with van der Waals surface area (Å²) in [7, 11) is 0. The fourth-order valence-corrected chi connectivity index (χ4v) is 2.72. The van der Waals surface area contributed by atoms with Crippen molar-refractivity contribution >= 4 is 16.8 Å². The van der Waals surface area contributed by atoms with Crippen LogP contribution in [0.4, 0.5) is 0 Å². The van der Waals surface area contributed by atoms with E-state index >= 15 is 0 Å². The summed E-state index contributed by atoms with van der Waals surface area (Å²) in [5.41, 5.74) is 0.642. The van der Waals surface area contributed by atoms with Crippen molar-refractivity contribution in [2.24, 2.45) is 0 Å². The van der Waals surface area contributed by atoms with Crippen molar-refractivity contribution in [3.8, 4) is 0 Å². The Kier molecular flexibility index (Phi) is 4.78. The maximum absolute atomic E-state index is 12.0. The van der Waals surface area contributed by atoms with Gasteiger partial charge in [0.25, 0.3) is 5.56 Å². The van der Waals surface area contributed by atoms with E-state index in [1.807, 2.05) is 35.1 Å². The van der Waals surface area contributed by atoms with Crippen molar-refractivity contribution in [3.05, 3.63) is 62.6 Å². The highest BCUT2D eigenvalue weighted by atomic mass is 16.2. The summed E-state index contributed by atoms with van der Waals surface area (Å²) in [5.74, 6) is -0.258. The average Bonchev–Trinajstić information content (AvgIpc) is 2.98. The highest BCUT2D eigenvalue weighted by molar-refractivity contribution is 5.79. The van der Waals surface area contributed by atoms with E-state index in [2.05, 4.69) is 20.4 Å².